The van der Waals surface area contributed by atoms with Gasteiger partial charge in [-0.2, -0.15) is 12.7 Å². The number of hydrogen-bond donors (Lipinski definition) is 2. The van der Waals surface area contributed by atoms with Gasteiger partial charge in [0.1, 0.15) is 12.5 Å². The number of benzene rings is 1. The Morgan fingerprint density at radius 1 is 1.19 bits per heavy atom. The summed E-state index contributed by atoms with van der Waals surface area (Å²) in [6.45, 7) is 9.88. The molecular weight excluding hydrogens is 515 g/mol. The second-order valence-corrected chi connectivity index (χ2v) is 18.6. The first-order chi connectivity index (χ1) is 17.1. The lowest BCUT2D eigenvalue weighted by Crippen LogP contribution is -2.44. The summed E-state index contributed by atoms with van der Waals surface area (Å²) in [4.78, 5) is 9.23. The molecule has 0 amide bonds. The SMILES string of the molecule is C[C@H](CO)Nc1cc(N(COCC[Si](C)(C)C)S(=O)(=O)N2CCCC2)nc(SCc2ccccc2)n1. The summed E-state index contributed by atoms with van der Waals surface area (Å²) in [6, 6.07) is 12.3. The van der Waals surface area contributed by atoms with Crippen LogP contribution in [0.3, 0.4) is 0 Å². The average molecular weight is 554 g/mol. The third-order valence-electron chi connectivity index (χ3n) is 5.70. The maximum atomic E-state index is 13.7. The van der Waals surface area contributed by atoms with Crippen LogP contribution < -0.4 is 9.62 Å². The Hall–Kier alpha value is -1.70. The van der Waals surface area contributed by atoms with E-state index in [0.717, 1.165) is 24.4 Å². The maximum Gasteiger partial charge on any atom is 0.307 e. The predicted molar refractivity (Wildman–Crippen MR) is 149 cm³/mol. The summed E-state index contributed by atoms with van der Waals surface area (Å²) in [5, 5.41) is 13.1. The van der Waals surface area contributed by atoms with Crippen LogP contribution >= 0.6 is 11.8 Å². The average Bonchev–Trinajstić information content (AvgIpc) is 3.38. The molecule has 0 unspecified atom stereocenters. The molecule has 1 aliphatic rings. The number of nitrogens with zero attached hydrogens (tertiary/aromatic N) is 4. The van der Waals surface area contributed by atoms with Crippen LogP contribution in [0, 0.1) is 0 Å². The number of aliphatic hydroxyl groups excluding tert-OH is 1. The van der Waals surface area contributed by atoms with Crippen LogP contribution in [0.25, 0.3) is 0 Å². The molecule has 3 rings (SSSR count). The first kappa shape index (κ1) is 28.9. The fraction of sp³-hybridized carbons (Fsp3) is 0.583. The van der Waals surface area contributed by atoms with E-state index in [-0.39, 0.29) is 25.2 Å². The van der Waals surface area contributed by atoms with Gasteiger partial charge in [-0.3, -0.25) is 0 Å². The van der Waals surface area contributed by atoms with Crippen molar-refractivity contribution in [1.82, 2.24) is 14.3 Å². The van der Waals surface area contributed by atoms with Crippen LogP contribution in [-0.2, 0) is 20.7 Å². The highest BCUT2D eigenvalue weighted by Gasteiger charge is 2.33. The summed E-state index contributed by atoms with van der Waals surface area (Å²) >= 11 is 1.43. The van der Waals surface area contributed by atoms with Gasteiger partial charge in [0, 0.05) is 45.6 Å². The fourth-order valence-corrected chi connectivity index (χ4v) is 6.64. The Balaban J connectivity index is 1.92. The number of rotatable bonds is 14. The van der Waals surface area contributed by atoms with E-state index in [2.05, 4.69) is 34.9 Å². The number of hydrogen-bond acceptors (Lipinski definition) is 8. The third kappa shape index (κ3) is 8.70. The summed E-state index contributed by atoms with van der Waals surface area (Å²) < 4.78 is 36.0. The smallest absolute Gasteiger partial charge is 0.307 e. The lowest BCUT2D eigenvalue weighted by atomic mass is 10.2. The Bertz CT molecular complexity index is 1060. The van der Waals surface area contributed by atoms with E-state index in [1.807, 2.05) is 37.3 Å². The highest BCUT2D eigenvalue weighted by molar-refractivity contribution is 7.98. The van der Waals surface area contributed by atoms with Crippen molar-refractivity contribution >= 4 is 41.7 Å². The minimum Gasteiger partial charge on any atom is -0.394 e. The summed E-state index contributed by atoms with van der Waals surface area (Å²) in [6.07, 6.45) is 1.68. The molecule has 1 aromatic carbocycles. The van der Waals surface area contributed by atoms with Crippen molar-refractivity contribution in [2.75, 3.05) is 42.7 Å². The molecule has 0 aliphatic carbocycles. The van der Waals surface area contributed by atoms with Crippen LogP contribution in [0.2, 0.25) is 25.7 Å². The molecule has 12 heteroatoms. The van der Waals surface area contributed by atoms with Gasteiger partial charge in [-0.15, -0.1) is 0 Å². The van der Waals surface area contributed by atoms with Crippen molar-refractivity contribution in [2.45, 2.75) is 62.4 Å². The molecule has 1 aromatic heterocycles. The Morgan fingerprint density at radius 2 is 1.89 bits per heavy atom. The van der Waals surface area contributed by atoms with E-state index < -0.39 is 18.3 Å². The number of ether oxygens (including phenoxy) is 1. The Labute approximate surface area is 220 Å². The molecule has 0 spiro atoms. The van der Waals surface area contributed by atoms with E-state index in [4.69, 9.17) is 4.74 Å². The molecule has 1 fully saturated rings. The molecule has 1 aliphatic heterocycles. The van der Waals surface area contributed by atoms with E-state index in [9.17, 15) is 13.5 Å². The van der Waals surface area contributed by atoms with Crippen LogP contribution in [0.15, 0.2) is 41.6 Å². The third-order valence-corrected chi connectivity index (χ3v) is 10.2. The lowest BCUT2D eigenvalue weighted by Gasteiger charge is -2.29. The number of anilines is 2. The first-order valence-corrected chi connectivity index (χ1v) is 18.5. The van der Waals surface area contributed by atoms with E-state index in [1.54, 1.807) is 6.07 Å². The summed E-state index contributed by atoms with van der Waals surface area (Å²) in [5.41, 5.74) is 1.12. The zero-order chi connectivity index (χ0) is 26.2. The molecule has 9 nitrogen and oxygen atoms in total. The quantitative estimate of drug-likeness (QED) is 0.119. The lowest BCUT2D eigenvalue weighted by molar-refractivity contribution is 0.155. The van der Waals surface area contributed by atoms with Crippen LogP contribution in [0.4, 0.5) is 11.6 Å². The highest BCUT2D eigenvalue weighted by atomic mass is 32.2. The molecular formula is C24H39N5O4S2Si. The standard InChI is InChI=1S/C24H39N5O4S2Si/c1-20(17-30)25-22-16-23(27-24(26-22)34-18-21-10-6-5-7-11-21)29(19-33-14-15-36(2,3)4)35(31,32)28-12-8-9-13-28/h5-7,10-11,16,20,30H,8-9,12-15,17-19H2,1-4H3,(H,25,26,27)/t20-/m1/s1. The molecule has 200 valence electrons. The Kier molecular flexibility index (Phi) is 10.6. The largest absolute Gasteiger partial charge is 0.394 e. The molecule has 2 aromatic rings. The van der Waals surface area contributed by atoms with Crippen molar-refractivity contribution in [3.8, 4) is 0 Å². The highest BCUT2D eigenvalue weighted by Crippen LogP contribution is 2.28. The molecule has 0 bridgehead atoms. The van der Waals surface area contributed by atoms with Gasteiger partial charge in [-0.1, -0.05) is 61.7 Å². The molecule has 2 N–H and O–H groups in total. The number of aromatic nitrogens is 2. The van der Waals surface area contributed by atoms with Crippen LogP contribution in [0.5, 0.6) is 0 Å². The van der Waals surface area contributed by atoms with E-state index in [1.165, 1.54) is 20.4 Å². The summed E-state index contributed by atoms with van der Waals surface area (Å²) in [5.74, 6) is 1.36. The van der Waals surface area contributed by atoms with Crippen LogP contribution in [-0.4, -0.2) is 74.9 Å². The van der Waals surface area contributed by atoms with Crippen molar-refractivity contribution < 1.29 is 18.3 Å². The second kappa shape index (κ2) is 13.2. The van der Waals surface area contributed by atoms with Crippen molar-refractivity contribution in [1.29, 1.82) is 0 Å². The normalized spacial score (nSPS) is 15.7. The second-order valence-electron chi connectivity index (χ2n) is 10.2. The minimum absolute atomic E-state index is 0.0819. The zero-order valence-electron chi connectivity index (χ0n) is 21.7. The molecule has 0 radical (unpaired) electrons. The van der Waals surface area contributed by atoms with Crippen molar-refractivity contribution in [3.05, 3.63) is 42.0 Å². The van der Waals surface area contributed by atoms with Gasteiger partial charge >= 0.3 is 10.2 Å². The van der Waals surface area contributed by atoms with Gasteiger partial charge in [0.25, 0.3) is 0 Å². The number of nitrogens with one attached hydrogen (secondary N) is 1. The van der Waals surface area contributed by atoms with E-state index in [0.29, 0.717) is 36.4 Å². The first-order valence-electron chi connectivity index (χ1n) is 12.4. The zero-order valence-corrected chi connectivity index (χ0v) is 24.3. The molecule has 1 atom stereocenters. The topological polar surface area (TPSA) is 108 Å². The van der Waals surface area contributed by atoms with Gasteiger partial charge < -0.3 is 15.2 Å². The fourth-order valence-electron chi connectivity index (χ4n) is 3.53. The van der Waals surface area contributed by atoms with Crippen molar-refractivity contribution in [2.24, 2.45) is 0 Å². The van der Waals surface area contributed by atoms with Gasteiger partial charge in [0.15, 0.2) is 11.0 Å². The number of thioether (sulfide) groups is 1. The van der Waals surface area contributed by atoms with Crippen LogP contribution in [0.1, 0.15) is 25.3 Å². The van der Waals surface area contributed by atoms with Gasteiger partial charge in [-0.05, 0) is 31.4 Å². The molecule has 2 heterocycles. The molecule has 0 saturated carbocycles. The monoisotopic (exact) mass is 553 g/mol. The van der Waals surface area contributed by atoms with Gasteiger partial charge in [0.2, 0.25) is 0 Å². The van der Waals surface area contributed by atoms with Crippen molar-refractivity contribution in [3.63, 3.8) is 0 Å². The Morgan fingerprint density at radius 3 is 2.53 bits per heavy atom. The minimum atomic E-state index is -3.83. The summed E-state index contributed by atoms with van der Waals surface area (Å²) in [7, 11) is -5.16. The van der Waals surface area contributed by atoms with E-state index >= 15 is 0 Å². The predicted octanol–water partition coefficient (Wildman–Crippen LogP) is 4.02. The molecule has 1 saturated heterocycles. The maximum absolute atomic E-state index is 13.7. The molecule has 36 heavy (non-hydrogen) atoms. The number of aliphatic hydroxyl groups is 1. The van der Waals surface area contributed by atoms with Gasteiger partial charge in [-0.25, -0.2) is 14.3 Å². The van der Waals surface area contributed by atoms with Gasteiger partial charge in [0.05, 0.1) is 6.61 Å².